The molecule has 6 heteroatoms. The summed E-state index contributed by atoms with van der Waals surface area (Å²) in [4.78, 5) is 6.64. The first-order chi connectivity index (χ1) is 19.6. The van der Waals surface area contributed by atoms with Crippen LogP contribution in [-0.4, -0.2) is 59.3 Å². The van der Waals surface area contributed by atoms with E-state index in [1.807, 2.05) is 7.05 Å². The summed E-state index contributed by atoms with van der Waals surface area (Å²) >= 11 is 0. The molecule has 0 bridgehead atoms. The minimum absolute atomic E-state index is 0.145. The maximum absolute atomic E-state index is 11.4. The van der Waals surface area contributed by atoms with Crippen molar-refractivity contribution in [3.8, 4) is 17.2 Å². The fourth-order valence-corrected chi connectivity index (χ4v) is 6.51. The van der Waals surface area contributed by atoms with Crippen LogP contribution in [-0.2, 0) is 31.6 Å². The van der Waals surface area contributed by atoms with Gasteiger partial charge >= 0.3 is 0 Å². The Balaban J connectivity index is 1.50. The summed E-state index contributed by atoms with van der Waals surface area (Å²) in [5.41, 5.74) is 9.62. The lowest BCUT2D eigenvalue weighted by Gasteiger charge is -2.36. The highest BCUT2D eigenvalue weighted by molar-refractivity contribution is 5.49. The SMILES string of the molecule is Cc1cc(CN(C)Cc2cc(C)cc(C(C)C)c2O)c(O)c(CN(C)CC(C)(C)c2cc(C)cc3c2OCN(C)C3)c1. The normalized spacial score (nSPS) is 14.1. The highest BCUT2D eigenvalue weighted by atomic mass is 16.5. The Labute approximate surface area is 253 Å². The average Bonchev–Trinajstić information content (AvgIpc) is 2.87. The largest absolute Gasteiger partial charge is 0.507 e. The molecule has 4 rings (SSSR count). The molecule has 6 nitrogen and oxygen atoms in total. The van der Waals surface area contributed by atoms with E-state index in [0.29, 0.717) is 37.9 Å². The van der Waals surface area contributed by atoms with E-state index < -0.39 is 0 Å². The molecule has 3 aromatic carbocycles. The third-order valence-electron chi connectivity index (χ3n) is 8.29. The summed E-state index contributed by atoms with van der Waals surface area (Å²) in [7, 11) is 6.24. The number of phenols is 2. The molecule has 0 radical (unpaired) electrons. The standard InChI is InChI=1S/C36H51N3O3/c1-23(2)31-15-25(4)13-29(34(31)41)18-37(8)17-27-11-24(3)12-28(33(27)40)19-38(9)21-36(6,7)32-16-26(5)14-30-20-39(10)22-42-35(30)32/h11-16,23,40-41H,17-22H2,1-10H3. The molecule has 0 fully saturated rings. The van der Waals surface area contributed by atoms with Crippen LogP contribution in [0.15, 0.2) is 36.4 Å². The van der Waals surface area contributed by atoms with Gasteiger partial charge in [-0.25, -0.2) is 0 Å². The van der Waals surface area contributed by atoms with E-state index in [1.54, 1.807) is 0 Å². The zero-order valence-corrected chi connectivity index (χ0v) is 27.4. The molecule has 0 amide bonds. The van der Waals surface area contributed by atoms with Crippen LogP contribution in [0.25, 0.3) is 0 Å². The molecule has 42 heavy (non-hydrogen) atoms. The van der Waals surface area contributed by atoms with E-state index in [-0.39, 0.29) is 11.3 Å². The molecule has 0 saturated carbocycles. The van der Waals surface area contributed by atoms with Crippen LogP contribution in [0.5, 0.6) is 17.2 Å². The van der Waals surface area contributed by atoms with Crippen LogP contribution in [0, 0.1) is 20.8 Å². The number of benzene rings is 3. The van der Waals surface area contributed by atoms with Gasteiger partial charge in [0.05, 0.1) is 0 Å². The molecule has 0 spiro atoms. The van der Waals surface area contributed by atoms with Crippen molar-refractivity contribution in [2.24, 2.45) is 0 Å². The van der Waals surface area contributed by atoms with Crippen LogP contribution < -0.4 is 4.74 Å². The second-order valence-corrected chi connectivity index (χ2v) is 13.8. The van der Waals surface area contributed by atoms with Crippen LogP contribution >= 0.6 is 0 Å². The molecular formula is C36H51N3O3. The van der Waals surface area contributed by atoms with Crippen molar-refractivity contribution in [1.82, 2.24) is 14.7 Å². The molecular weight excluding hydrogens is 522 g/mol. The number of nitrogens with zero attached hydrogens (tertiary/aromatic N) is 3. The van der Waals surface area contributed by atoms with Gasteiger partial charge in [0.15, 0.2) is 0 Å². The minimum Gasteiger partial charge on any atom is -0.507 e. The summed E-state index contributed by atoms with van der Waals surface area (Å²) in [6.45, 7) is 19.2. The van der Waals surface area contributed by atoms with Gasteiger partial charge in [-0.3, -0.25) is 9.80 Å². The number of fused-ring (bicyclic) bond motifs is 1. The van der Waals surface area contributed by atoms with E-state index >= 15 is 0 Å². The second-order valence-electron chi connectivity index (χ2n) is 13.8. The van der Waals surface area contributed by atoms with Crippen molar-refractivity contribution >= 4 is 0 Å². The first-order valence-corrected chi connectivity index (χ1v) is 15.1. The highest BCUT2D eigenvalue weighted by Gasteiger charge is 2.30. The first-order valence-electron chi connectivity index (χ1n) is 15.1. The number of aryl methyl sites for hydroxylation is 3. The van der Waals surface area contributed by atoms with Crippen molar-refractivity contribution in [2.75, 3.05) is 34.4 Å². The molecule has 228 valence electrons. The number of phenolic OH excluding ortho intramolecular Hbond substituents is 2. The lowest BCUT2D eigenvalue weighted by atomic mass is 9.81. The molecule has 1 heterocycles. The number of aromatic hydroxyl groups is 2. The van der Waals surface area contributed by atoms with Gasteiger partial charge in [0.25, 0.3) is 0 Å². The first kappa shape index (κ1) is 31.9. The summed E-state index contributed by atoms with van der Waals surface area (Å²) in [6, 6.07) is 12.8. The third kappa shape index (κ3) is 7.28. The molecule has 3 aromatic rings. The predicted octanol–water partition coefficient (Wildman–Crippen LogP) is 6.97. The third-order valence-corrected chi connectivity index (χ3v) is 8.29. The van der Waals surface area contributed by atoms with Gasteiger partial charge in [-0.05, 0) is 53.4 Å². The lowest BCUT2D eigenvalue weighted by molar-refractivity contribution is 0.117. The molecule has 0 aromatic heterocycles. The Bertz CT molecular complexity index is 1430. The highest BCUT2D eigenvalue weighted by Crippen LogP contribution is 2.39. The summed E-state index contributed by atoms with van der Waals surface area (Å²) in [6.07, 6.45) is 0. The number of ether oxygens (including phenoxy) is 1. The molecule has 1 aliphatic heterocycles. The lowest BCUT2D eigenvalue weighted by Crippen LogP contribution is -2.36. The molecule has 0 saturated heterocycles. The van der Waals surface area contributed by atoms with Crippen molar-refractivity contribution in [3.05, 3.63) is 86.5 Å². The summed E-state index contributed by atoms with van der Waals surface area (Å²) in [5.74, 6) is 2.02. The fraction of sp³-hybridized carbons (Fsp3) is 0.500. The number of hydrogen-bond donors (Lipinski definition) is 2. The van der Waals surface area contributed by atoms with E-state index in [9.17, 15) is 10.2 Å². The van der Waals surface area contributed by atoms with Crippen LogP contribution in [0.1, 0.15) is 83.7 Å². The zero-order chi connectivity index (χ0) is 30.9. The van der Waals surface area contributed by atoms with Gasteiger partial charge in [0, 0.05) is 66.0 Å². The van der Waals surface area contributed by atoms with E-state index in [0.717, 1.165) is 52.2 Å². The Morgan fingerprint density at radius 3 is 1.93 bits per heavy atom. The Kier molecular flexibility index (Phi) is 9.61. The van der Waals surface area contributed by atoms with Gasteiger partial charge in [-0.2, -0.15) is 0 Å². The van der Waals surface area contributed by atoms with E-state index in [1.165, 1.54) is 16.7 Å². The maximum atomic E-state index is 11.4. The molecule has 2 N–H and O–H groups in total. The topological polar surface area (TPSA) is 59.4 Å². The molecule has 0 unspecified atom stereocenters. The van der Waals surface area contributed by atoms with Crippen LogP contribution in [0.3, 0.4) is 0 Å². The molecule has 1 aliphatic rings. The van der Waals surface area contributed by atoms with Crippen molar-refractivity contribution < 1.29 is 14.9 Å². The van der Waals surface area contributed by atoms with Gasteiger partial charge in [-0.15, -0.1) is 0 Å². The van der Waals surface area contributed by atoms with Gasteiger partial charge in [0.1, 0.15) is 24.0 Å². The van der Waals surface area contributed by atoms with Crippen molar-refractivity contribution in [2.45, 2.75) is 86.0 Å². The van der Waals surface area contributed by atoms with Crippen molar-refractivity contribution in [3.63, 3.8) is 0 Å². The van der Waals surface area contributed by atoms with Crippen molar-refractivity contribution in [1.29, 1.82) is 0 Å². The van der Waals surface area contributed by atoms with Crippen LogP contribution in [0.2, 0.25) is 0 Å². The smallest absolute Gasteiger partial charge is 0.142 e. The molecule has 0 atom stereocenters. The Hall–Kier alpha value is -3.06. The Morgan fingerprint density at radius 1 is 0.810 bits per heavy atom. The summed E-state index contributed by atoms with van der Waals surface area (Å²) < 4.78 is 6.22. The number of rotatable bonds is 10. The van der Waals surface area contributed by atoms with E-state index in [4.69, 9.17) is 4.74 Å². The monoisotopic (exact) mass is 573 g/mol. The fourth-order valence-electron chi connectivity index (χ4n) is 6.51. The second kappa shape index (κ2) is 12.7. The molecule has 0 aliphatic carbocycles. The predicted molar refractivity (Wildman–Crippen MR) is 172 cm³/mol. The van der Waals surface area contributed by atoms with Gasteiger partial charge in [-0.1, -0.05) is 80.8 Å². The number of likely N-dealkylation sites (N-methyl/N-ethyl adjacent to an activating group) is 1. The van der Waals surface area contributed by atoms with Gasteiger partial charge < -0.3 is 19.8 Å². The van der Waals surface area contributed by atoms with E-state index in [2.05, 4.69) is 114 Å². The Morgan fingerprint density at radius 2 is 1.33 bits per heavy atom. The average molecular weight is 574 g/mol. The number of hydrogen-bond acceptors (Lipinski definition) is 6. The quantitative estimate of drug-likeness (QED) is 0.273. The minimum atomic E-state index is -0.145. The maximum Gasteiger partial charge on any atom is 0.142 e. The van der Waals surface area contributed by atoms with Crippen LogP contribution in [0.4, 0.5) is 0 Å². The van der Waals surface area contributed by atoms with Gasteiger partial charge in [0.2, 0.25) is 0 Å². The summed E-state index contributed by atoms with van der Waals surface area (Å²) in [5, 5.41) is 22.3. The zero-order valence-electron chi connectivity index (χ0n) is 27.4.